The zero-order chi connectivity index (χ0) is 6.85. The lowest BCUT2D eigenvalue weighted by molar-refractivity contribution is 0.363. The maximum atomic E-state index is 8.50. The van der Waals surface area contributed by atoms with E-state index in [4.69, 9.17) is 16.9 Å². The van der Waals surface area contributed by atoms with Crippen LogP contribution in [0.5, 0.6) is 0 Å². The Morgan fingerprint density at radius 1 is 1.78 bits per heavy atom. The van der Waals surface area contributed by atoms with Gasteiger partial charge < -0.3 is 0 Å². The molecule has 0 aliphatic carbocycles. The first-order valence-corrected chi connectivity index (χ1v) is 3.41. The van der Waals surface area contributed by atoms with E-state index in [0.29, 0.717) is 0 Å². The van der Waals surface area contributed by atoms with Crippen molar-refractivity contribution < 1.29 is 0 Å². The van der Waals surface area contributed by atoms with E-state index in [1.54, 1.807) is 0 Å². The minimum absolute atomic E-state index is 0.0486. The number of nitrogens with zero attached hydrogens (tertiary/aromatic N) is 2. The summed E-state index contributed by atoms with van der Waals surface area (Å²) in [6.45, 7) is 0.847. The number of halogens is 1. The van der Waals surface area contributed by atoms with Crippen molar-refractivity contribution in [3.63, 3.8) is 0 Å². The van der Waals surface area contributed by atoms with E-state index in [1.807, 2.05) is 11.9 Å². The monoisotopic (exact) mass is 144 g/mol. The van der Waals surface area contributed by atoms with Gasteiger partial charge in [0.15, 0.2) is 0 Å². The summed E-state index contributed by atoms with van der Waals surface area (Å²) in [6.07, 6.45) is 0.814. The SMILES string of the molecule is CN1CC(Cl)CC1C#N. The molecule has 0 aromatic rings. The maximum Gasteiger partial charge on any atom is 0.0990 e. The molecule has 0 bridgehead atoms. The van der Waals surface area contributed by atoms with E-state index >= 15 is 0 Å². The van der Waals surface area contributed by atoms with Crippen LogP contribution < -0.4 is 0 Å². The highest BCUT2D eigenvalue weighted by Gasteiger charge is 2.27. The lowest BCUT2D eigenvalue weighted by Gasteiger charge is -2.09. The van der Waals surface area contributed by atoms with E-state index in [9.17, 15) is 0 Å². The Kier molecular flexibility index (Phi) is 1.94. The van der Waals surface area contributed by atoms with Gasteiger partial charge in [0.25, 0.3) is 0 Å². The van der Waals surface area contributed by atoms with Crippen molar-refractivity contribution >= 4 is 11.6 Å². The Bertz CT molecular complexity index is 140. The van der Waals surface area contributed by atoms with Gasteiger partial charge in [-0.3, -0.25) is 4.90 Å². The Morgan fingerprint density at radius 3 is 2.67 bits per heavy atom. The Labute approximate surface area is 60.0 Å². The molecule has 1 heterocycles. The summed E-state index contributed by atoms with van der Waals surface area (Å²) in [4.78, 5) is 1.98. The normalized spacial score (nSPS) is 36.6. The molecule has 3 heteroatoms. The predicted molar refractivity (Wildman–Crippen MR) is 36.3 cm³/mol. The lowest BCUT2D eigenvalue weighted by atomic mass is 10.2. The Hall–Kier alpha value is -0.260. The summed E-state index contributed by atoms with van der Waals surface area (Å²) >= 11 is 5.79. The maximum absolute atomic E-state index is 8.50. The summed E-state index contributed by atoms with van der Waals surface area (Å²) in [6, 6.07) is 2.23. The van der Waals surface area contributed by atoms with Crippen LogP contribution in [0.15, 0.2) is 0 Å². The van der Waals surface area contributed by atoms with Crippen molar-refractivity contribution in [2.24, 2.45) is 0 Å². The molecule has 1 saturated heterocycles. The highest BCUT2D eigenvalue weighted by molar-refractivity contribution is 6.21. The largest absolute Gasteiger partial charge is 0.290 e. The van der Waals surface area contributed by atoms with Crippen molar-refractivity contribution in [3.05, 3.63) is 0 Å². The first kappa shape index (κ1) is 6.85. The summed E-state index contributed by atoms with van der Waals surface area (Å²) in [5.74, 6) is 0. The number of nitriles is 1. The minimum atomic E-state index is 0.0486. The van der Waals surface area contributed by atoms with Crippen LogP contribution in [-0.2, 0) is 0 Å². The molecule has 2 unspecified atom stereocenters. The molecule has 0 amide bonds. The molecular weight excluding hydrogens is 136 g/mol. The third kappa shape index (κ3) is 1.35. The second-order valence-electron chi connectivity index (χ2n) is 2.42. The number of likely N-dealkylation sites (tertiary alicyclic amines) is 1. The average molecular weight is 145 g/mol. The molecule has 2 nitrogen and oxygen atoms in total. The lowest BCUT2D eigenvalue weighted by Crippen LogP contribution is -2.22. The fraction of sp³-hybridized carbons (Fsp3) is 0.833. The fourth-order valence-electron chi connectivity index (χ4n) is 1.09. The second-order valence-corrected chi connectivity index (χ2v) is 3.03. The molecule has 1 aliphatic heterocycles. The van der Waals surface area contributed by atoms with E-state index in [2.05, 4.69) is 6.07 Å². The van der Waals surface area contributed by atoms with Gasteiger partial charge in [-0.1, -0.05) is 0 Å². The van der Waals surface area contributed by atoms with Gasteiger partial charge in [-0.25, -0.2) is 0 Å². The van der Waals surface area contributed by atoms with Crippen LogP contribution >= 0.6 is 11.6 Å². The van der Waals surface area contributed by atoms with Gasteiger partial charge in [-0.05, 0) is 13.5 Å². The smallest absolute Gasteiger partial charge is 0.0990 e. The van der Waals surface area contributed by atoms with Gasteiger partial charge in [-0.2, -0.15) is 5.26 Å². The number of hydrogen-bond acceptors (Lipinski definition) is 2. The van der Waals surface area contributed by atoms with Crippen LogP contribution in [0, 0.1) is 11.3 Å². The van der Waals surface area contributed by atoms with E-state index in [-0.39, 0.29) is 11.4 Å². The molecule has 0 radical (unpaired) electrons. The topological polar surface area (TPSA) is 27.0 Å². The highest BCUT2D eigenvalue weighted by atomic mass is 35.5. The van der Waals surface area contributed by atoms with Crippen LogP contribution in [0.2, 0.25) is 0 Å². The number of hydrogen-bond donors (Lipinski definition) is 0. The van der Waals surface area contributed by atoms with Crippen molar-refractivity contribution in [1.82, 2.24) is 4.90 Å². The number of rotatable bonds is 0. The molecule has 0 aromatic heterocycles. The minimum Gasteiger partial charge on any atom is -0.290 e. The van der Waals surface area contributed by atoms with Crippen LogP contribution in [0.3, 0.4) is 0 Å². The predicted octanol–water partition coefficient (Wildman–Crippen LogP) is 0.821. The summed E-state index contributed by atoms with van der Waals surface area (Å²) < 4.78 is 0. The van der Waals surface area contributed by atoms with E-state index in [0.717, 1.165) is 13.0 Å². The molecule has 1 fully saturated rings. The first-order chi connectivity index (χ1) is 4.24. The van der Waals surface area contributed by atoms with Crippen LogP contribution in [-0.4, -0.2) is 29.9 Å². The third-order valence-electron chi connectivity index (χ3n) is 1.65. The number of alkyl halides is 1. The van der Waals surface area contributed by atoms with Crippen molar-refractivity contribution in [2.75, 3.05) is 13.6 Å². The summed E-state index contributed by atoms with van der Waals surface area (Å²) in [7, 11) is 1.93. The summed E-state index contributed by atoms with van der Waals surface area (Å²) in [5.41, 5.74) is 0. The Morgan fingerprint density at radius 2 is 2.44 bits per heavy atom. The molecule has 1 aliphatic rings. The van der Waals surface area contributed by atoms with Crippen LogP contribution in [0.1, 0.15) is 6.42 Å². The average Bonchev–Trinajstić information content (AvgIpc) is 2.10. The zero-order valence-electron chi connectivity index (χ0n) is 5.34. The Balaban J connectivity index is 2.50. The molecule has 0 saturated carbocycles. The molecular formula is C6H9ClN2. The van der Waals surface area contributed by atoms with Gasteiger partial charge >= 0.3 is 0 Å². The highest BCUT2D eigenvalue weighted by Crippen LogP contribution is 2.18. The molecule has 0 N–H and O–H groups in total. The van der Waals surface area contributed by atoms with Gasteiger partial charge in [-0.15, -0.1) is 11.6 Å². The zero-order valence-corrected chi connectivity index (χ0v) is 6.10. The molecule has 50 valence electrons. The first-order valence-electron chi connectivity index (χ1n) is 2.98. The van der Waals surface area contributed by atoms with Gasteiger partial charge in [0.05, 0.1) is 12.1 Å². The molecule has 9 heavy (non-hydrogen) atoms. The van der Waals surface area contributed by atoms with E-state index < -0.39 is 0 Å². The summed E-state index contributed by atoms with van der Waals surface area (Å²) in [5, 5.41) is 8.68. The van der Waals surface area contributed by atoms with Crippen molar-refractivity contribution in [3.8, 4) is 6.07 Å². The third-order valence-corrected chi connectivity index (χ3v) is 1.96. The quantitative estimate of drug-likeness (QED) is 0.471. The fourth-order valence-corrected chi connectivity index (χ4v) is 1.47. The standard InChI is InChI=1S/C6H9ClN2/c1-9-4-5(7)2-6(9)3-8/h5-6H,2,4H2,1H3. The second kappa shape index (κ2) is 2.55. The molecule has 2 atom stereocenters. The molecule has 0 spiro atoms. The molecule has 0 aromatic carbocycles. The van der Waals surface area contributed by atoms with Gasteiger partial charge in [0.1, 0.15) is 0 Å². The van der Waals surface area contributed by atoms with Gasteiger partial charge in [0, 0.05) is 11.9 Å². The van der Waals surface area contributed by atoms with Gasteiger partial charge in [0.2, 0.25) is 0 Å². The van der Waals surface area contributed by atoms with Crippen LogP contribution in [0.25, 0.3) is 0 Å². The van der Waals surface area contributed by atoms with Crippen molar-refractivity contribution in [2.45, 2.75) is 17.8 Å². The van der Waals surface area contributed by atoms with Crippen LogP contribution in [0.4, 0.5) is 0 Å². The van der Waals surface area contributed by atoms with Crippen molar-refractivity contribution in [1.29, 1.82) is 5.26 Å². The van der Waals surface area contributed by atoms with E-state index in [1.165, 1.54) is 0 Å². The molecule has 1 rings (SSSR count).